The maximum Gasteiger partial charge on any atom is 0.308 e. The molecule has 1 aliphatic rings. The van der Waals surface area contributed by atoms with Gasteiger partial charge in [-0.3, -0.25) is 14.4 Å². The Morgan fingerprint density at radius 3 is 2.81 bits per heavy atom. The summed E-state index contributed by atoms with van der Waals surface area (Å²) in [6.45, 7) is 0.657. The first-order valence-corrected chi connectivity index (χ1v) is 6.82. The van der Waals surface area contributed by atoms with E-state index in [4.69, 9.17) is 11.6 Å². The normalized spacial score (nSPS) is 18.1. The van der Waals surface area contributed by atoms with Crippen LogP contribution in [-0.4, -0.2) is 48.9 Å². The Balaban J connectivity index is 2.26. The summed E-state index contributed by atoms with van der Waals surface area (Å²) in [5, 5.41) is 2.95. The maximum atomic E-state index is 12.6. The van der Waals surface area contributed by atoms with Crippen LogP contribution in [0.3, 0.4) is 0 Å². The summed E-state index contributed by atoms with van der Waals surface area (Å²) in [5.74, 6) is -1.29. The molecule has 0 aliphatic carbocycles. The summed E-state index contributed by atoms with van der Waals surface area (Å²) in [7, 11) is 1.24. The van der Waals surface area contributed by atoms with E-state index >= 15 is 0 Å². The van der Waals surface area contributed by atoms with Gasteiger partial charge in [-0.25, -0.2) is 0 Å². The minimum atomic E-state index is -0.880. The van der Waals surface area contributed by atoms with E-state index in [-0.39, 0.29) is 18.2 Å². The molecule has 21 heavy (non-hydrogen) atoms. The van der Waals surface area contributed by atoms with E-state index in [9.17, 15) is 14.4 Å². The van der Waals surface area contributed by atoms with Gasteiger partial charge in [-0.2, -0.15) is 0 Å². The van der Waals surface area contributed by atoms with Gasteiger partial charge in [-0.15, -0.1) is 0 Å². The van der Waals surface area contributed by atoms with E-state index in [0.717, 1.165) is 0 Å². The predicted octanol–water partition coefficient (Wildman–Crippen LogP) is 0.844. The zero-order valence-corrected chi connectivity index (χ0v) is 12.2. The summed E-state index contributed by atoms with van der Waals surface area (Å²) >= 11 is 6.02. The van der Waals surface area contributed by atoms with Gasteiger partial charge >= 0.3 is 5.97 Å². The molecule has 1 N–H and O–H groups in total. The molecule has 2 rings (SSSR count). The molecule has 1 aromatic carbocycles. The van der Waals surface area contributed by atoms with Crippen LogP contribution in [0.25, 0.3) is 0 Å². The lowest BCUT2D eigenvalue weighted by Gasteiger charge is -2.34. The molecule has 112 valence electrons. The first-order valence-electron chi connectivity index (χ1n) is 6.44. The van der Waals surface area contributed by atoms with Crippen LogP contribution in [0.15, 0.2) is 24.3 Å². The fourth-order valence-electron chi connectivity index (χ4n) is 2.19. The van der Waals surface area contributed by atoms with Gasteiger partial charge in [0.15, 0.2) is 0 Å². The highest BCUT2D eigenvalue weighted by Crippen LogP contribution is 2.20. The molecule has 2 amide bonds. The van der Waals surface area contributed by atoms with Crippen LogP contribution in [0, 0.1) is 0 Å². The number of halogens is 1. The predicted molar refractivity (Wildman–Crippen MR) is 75.9 cm³/mol. The van der Waals surface area contributed by atoms with Gasteiger partial charge in [0.1, 0.15) is 6.04 Å². The van der Waals surface area contributed by atoms with Gasteiger partial charge in [-0.05, 0) is 12.1 Å². The SMILES string of the molecule is COC(=O)CC1C(=O)NCCN1C(=O)c1ccccc1Cl. The number of hydrogen-bond acceptors (Lipinski definition) is 4. The van der Waals surface area contributed by atoms with Crippen molar-refractivity contribution in [2.75, 3.05) is 20.2 Å². The minimum absolute atomic E-state index is 0.182. The molecule has 1 saturated heterocycles. The quantitative estimate of drug-likeness (QED) is 0.840. The molecule has 0 bridgehead atoms. The summed E-state index contributed by atoms with van der Waals surface area (Å²) in [6.07, 6.45) is -0.182. The molecule has 6 nitrogen and oxygen atoms in total. The molecule has 7 heteroatoms. The van der Waals surface area contributed by atoms with Crippen molar-refractivity contribution in [3.05, 3.63) is 34.9 Å². The Kier molecular flexibility index (Phi) is 4.80. The fraction of sp³-hybridized carbons (Fsp3) is 0.357. The molecule has 1 atom stereocenters. The molecule has 0 aromatic heterocycles. The Morgan fingerprint density at radius 2 is 2.14 bits per heavy atom. The number of benzene rings is 1. The summed E-state index contributed by atoms with van der Waals surface area (Å²) in [6, 6.07) is 5.72. The highest BCUT2D eigenvalue weighted by atomic mass is 35.5. The number of amides is 2. The number of piperazine rings is 1. The Hall–Kier alpha value is -2.08. The van der Waals surface area contributed by atoms with Crippen molar-refractivity contribution in [3.8, 4) is 0 Å². The topological polar surface area (TPSA) is 75.7 Å². The zero-order valence-electron chi connectivity index (χ0n) is 11.5. The number of ether oxygens (including phenoxy) is 1. The number of methoxy groups -OCH3 is 1. The van der Waals surface area contributed by atoms with Crippen LogP contribution in [0.2, 0.25) is 5.02 Å². The van der Waals surface area contributed by atoms with Crippen molar-refractivity contribution in [1.82, 2.24) is 10.2 Å². The van der Waals surface area contributed by atoms with Gasteiger partial charge in [0, 0.05) is 13.1 Å². The van der Waals surface area contributed by atoms with Gasteiger partial charge in [0.25, 0.3) is 5.91 Å². The van der Waals surface area contributed by atoms with Gasteiger partial charge < -0.3 is 15.0 Å². The standard InChI is InChI=1S/C14H15ClN2O4/c1-21-12(18)8-11-13(19)16-6-7-17(11)14(20)9-4-2-3-5-10(9)15/h2-5,11H,6-8H2,1H3,(H,16,19). The molecule has 1 heterocycles. The number of carbonyl (C=O) groups excluding carboxylic acids is 3. The lowest BCUT2D eigenvalue weighted by atomic mass is 10.1. The number of nitrogens with one attached hydrogen (secondary N) is 1. The Labute approximate surface area is 127 Å². The fourth-order valence-corrected chi connectivity index (χ4v) is 2.41. The smallest absolute Gasteiger partial charge is 0.308 e. The number of rotatable bonds is 3. The molecule has 0 radical (unpaired) electrons. The van der Waals surface area contributed by atoms with E-state index in [1.165, 1.54) is 12.0 Å². The molecular weight excluding hydrogens is 296 g/mol. The highest BCUT2D eigenvalue weighted by molar-refractivity contribution is 6.33. The van der Waals surface area contributed by atoms with Crippen molar-refractivity contribution in [1.29, 1.82) is 0 Å². The van der Waals surface area contributed by atoms with Gasteiger partial charge in [0.05, 0.1) is 24.1 Å². The minimum Gasteiger partial charge on any atom is -0.469 e. The van der Waals surface area contributed by atoms with E-state index < -0.39 is 12.0 Å². The van der Waals surface area contributed by atoms with Crippen molar-refractivity contribution in [2.45, 2.75) is 12.5 Å². The molecule has 0 spiro atoms. The van der Waals surface area contributed by atoms with Crippen LogP contribution in [0.1, 0.15) is 16.8 Å². The van der Waals surface area contributed by atoms with Crippen LogP contribution >= 0.6 is 11.6 Å². The third kappa shape index (κ3) is 3.33. The summed E-state index contributed by atoms with van der Waals surface area (Å²) < 4.78 is 4.58. The molecule has 1 aromatic rings. The van der Waals surface area contributed by atoms with E-state index in [1.54, 1.807) is 24.3 Å². The highest BCUT2D eigenvalue weighted by Gasteiger charge is 2.35. The van der Waals surface area contributed by atoms with Crippen molar-refractivity contribution in [3.63, 3.8) is 0 Å². The van der Waals surface area contributed by atoms with Gasteiger partial charge in [0.2, 0.25) is 5.91 Å². The van der Waals surface area contributed by atoms with E-state index in [1.807, 2.05) is 0 Å². The second-order valence-corrected chi connectivity index (χ2v) is 4.97. The third-order valence-electron chi connectivity index (χ3n) is 3.28. The van der Waals surface area contributed by atoms with E-state index in [0.29, 0.717) is 23.7 Å². The van der Waals surface area contributed by atoms with Crippen molar-refractivity contribution >= 4 is 29.4 Å². The van der Waals surface area contributed by atoms with Crippen LogP contribution < -0.4 is 5.32 Å². The molecule has 1 unspecified atom stereocenters. The lowest BCUT2D eigenvalue weighted by Crippen LogP contribution is -2.57. The van der Waals surface area contributed by atoms with Crippen LogP contribution in [0.5, 0.6) is 0 Å². The monoisotopic (exact) mass is 310 g/mol. The van der Waals surface area contributed by atoms with Crippen LogP contribution in [0.4, 0.5) is 0 Å². The number of esters is 1. The number of carbonyl (C=O) groups is 3. The molecule has 1 aliphatic heterocycles. The first kappa shape index (κ1) is 15.3. The largest absolute Gasteiger partial charge is 0.469 e. The second kappa shape index (κ2) is 6.58. The van der Waals surface area contributed by atoms with Crippen molar-refractivity contribution < 1.29 is 19.1 Å². The Morgan fingerprint density at radius 1 is 1.43 bits per heavy atom. The maximum absolute atomic E-state index is 12.6. The van der Waals surface area contributed by atoms with Crippen LogP contribution in [-0.2, 0) is 14.3 Å². The third-order valence-corrected chi connectivity index (χ3v) is 3.61. The molecule has 0 saturated carbocycles. The second-order valence-electron chi connectivity index (χ2n) is 4.57. The first-order chi connectivity index (χ1) is 10.0. The zero-order chi connectivity index (χ0) is 15.4. The molecule has 1 fully saturated rings. The molecular formula is C14H15ClN2O4. The van der Waals surface area contributed by atoms with Gasteiger partial charge in [-0.1, -0.05) is 23.7 Å². The lowest BCUT2D eigenvalue weighted by molar-refractivity contribution is -0.145. The number of hydrogen-bond donors (Lipinski definition) is 1. The summed E-state index contributed by atoms with van der Waals surface area (Å²) in [5.41, 5.74) is 0.309. The summed E-state index contributed by atoms with van der Waals surface area (Å²) in [4.78, 5) is 37.3. The average molecular weight is 311 g/mol. The Bertz CT molecular complexity index is 576. The number of nitrogens with zero attached hydrogens (tertiary/aromatic N) is 1. The van der Waals surface area contributed by atoms with Crippen molar-refractivity contribution in [2.24, 2.45) is 0 Å². The van der Waals surface area contributed by atoms with E-state index in [2.05, 4.69) is 10.1 Å². The average Bonchev–Trinajstić information content (AvgIpc) is 2.49.